The molecule has 3 aromatic rings. The number of nitrogen functional groups attached to an aromatic ring is 1. The Bertz CT molecular complexity index is 809. The lowest BCUT2D eigenvalue weighted by molar-refractivity contribution is 0.830. The molecule has 1 aromatic carbocycles. The standard InChI is InChI=1S/C17H18N4/c1-10(2)14-13-7-8-19-16(18)15(13)21-17(20-14)12-6-4-5-11(3)9-12/h4-10H,1-3H3,(H2,18,19). The summed E-state index contributed by atoms with van der Waals surface area (Å²) in [7, 11) is 0. The molecule has 0 spiro atoms. The van der Waals surface area contributed by atoms with Crippen molar-refractivity contribution in [2.45, 2.75) is 26.7 Å². The maximum Gasteiger partial charge on any atom is 0.160 e. The number of rotatable bonds is 2. The molecule has 0 unspecified atom stereocenters. The van der Waals surface area contributed by atoms with E-state index in [2.05, 4.69) is 42.9 Å². The van der Waals surface area contributed by atoms with E-state index in [0.29, 0.717) is 17.6 Å². The van der Waals surface area contributed by atoms with E-state index < -0.39 is 0 Å². The molecule has 4 heteroatoms. The van der Waals surface area contributed by atoms with E-state index in [0.717, 1.165) is 22.2 Å². The van der Waals surface area contributed by atoms with E-state index in [-0.39, 0.29) is 0 Å². The summed E-state index contributed by atoms with van der Waals surface area (Å²) in [5.41, 5.74) is 9.92. The van der Waals surface area contributed by atoms with Gasteiger partial charge < -0.3 is 5.73 Å². The van der Waals surface area contributed by atoms with E-state index in [1.54, 1.807) is 6.20 Å². The Labute approximate surface area is 124 Å². The number of benzene rings is 1. The van der Waals surface area contributed by atoms with Crippen molar-refractivity contribution in [2.24, 2.45) is 0 Å². The van der Waals surface area contributed by atoms with E-state index >= 15 is 0 Å². The van der Waals surface area contributed by atoms with Crippen molar-refractivity contribution in [1.82, 2.24) is 15.0 Å². The number of aromatic nitrogens is 3. The third kappa shape index (κ3) is 2.44. The predicted molar refractivity (Wildman–Crippen MR) is 86.0 cm³/mol. The SMILES string of the molecule is Cc1cccc(-c2nc(C(C)C)c3ccnc(N)c3n2)c1. The Balaban J connectivity index is 2.32. The van der Waals surface area contributed by atoms with Gasteiger partial charge in [0.15, 0.2) is 5.82 Å². The first kappa shape index (κ1) is 13.5. The molecule has 0 saturated carbocycles. The van der Waals surface area contributed by atoms with Crippen molar-refractivity contribution in [2.75, 3.05) is 5.73 Å². The highest BCUT2D eigenvalue weighted by molar-refractivity contribution is 5.90. The van der Waals surface area contributed by atoms with Crippen molar-refractivity contribution in [1.29, 1.82) is 0 Å². The lowest BCUT2D eigenvalue weighted by Crippen LogP contribution is -2.03. The molecule has 0 atom stereocenters. The molecule has 3 rings (SSSR count). The zero-order valence-electron chi connectivity index (χ0n) is 12.5. The van der Waals surface area contributed by atoms with Crippen LogP contribution in [0.2, 0.25) is 0 Å². The number of hydrogen-bond donors (Lipinski definition) is 1. The summed E-state index contributed by atoms with van der Waals surface area (Å²) in [5, 5.41) is 0.980. The van der Waals surface area contributed by atoms with Gasteiger partial charge in [0.1, 0.15) is 11.3 Å². The molecule has 0 saturated heterocycles. The minimum Gasteiger partial charge on any atom is -0.382 e. The summed E-state index contributed by atoms with van der Waals surface area (Å²) in [6.07, 6.45) is 1.71. The summed E-state index contributed by atoms with van der Waals surface area (Å²) in [5.74, 6) is 1.45. The Kier molecular flexibility index (Phi) is 3.29. The van der Waals surface area contributed by atoms with Crippen LogP contribution in [0.15, 0.2) is 36.5 Å². The highest BCUT2D eigenvalue weighted by Crippen LogP contribution is 2.28. The molecule has 2 heterocycles. The molecule has 0 amide bonds. The van der Waals surface area contributed by atoms with Crippen LogP contribution in [0.5, 0.6) is 0 Å². The number of nitrogens with zero attached hydrogens (tertiary/aromatic N) is 3. The maximum atomic E-state index is 6.00. The van der Waals surface area contributed by atoms with Gasteiger partial charge in [-0.3, -0.25) is 0 Å². The first-order valence-corrected chi connectivity index (χ1v) is 7.05. The Morgan fingerprint density at radius 1 is 1.10 bits per heavy atom. The van der Waals surface area contributed by atoms with Gasteiger partial charge in [-0.25, -0.2) is 15.0 Å². The molecule has 0 bridgehead atoms. The fraction of sp³-hybridized carbons (Fsp3) is 0.235. The second kappa shape index (κ2) is 5.13. The highest BCUT2D eigenvalue weighted by Gasteiger charge is 2.14. The smallest absolute Gasteiger partial charge is 0.160 e. The first-order chi connectivity index (χ1) is 10.1. The second-order valence-corrected chi connectivity index (χ2v) is 5.55. The van der Waals surface area contributed by atoms with Crippen LogP contribution >= 0.6 is 0 Å². The van der Waals surface area contributed by atoms with E-state index in [9.17, 15) is 0 Å². The topological polar surface area (TPSA) is 64.7 Å². The van der Waals surface area contributed by atoms with Crippen LogP contribution < -0.4 is 5.73 Å². The van der Waals surface area contributed by atoms with Crippen LogP contribution in [0, 0.1) is 6.92 Å². The summed E-state index contributed by atoms with van der Waals surface area (Å²) in [6.45, 7) is 6.31. The molecule has 0 aliphatic heterocycles. The largest absolute Gasteiger partial charge is 0.382 e. The number of nitrogens with two attached hydrogens (primary N) is 1. The van der Waals surface area contributed by atoms with Crippen LogP contribution in [-0.2, 0) is 0 Å². The van der Waals surface area contributed by atoms with Gasteiger partial charge >= 0.3 is 0 Å². The maximum absolute atomic E-state index is 6.00. The zero-order chi connectivity index (χ0) is 15.0. The summed E-state index contributed by atoms with van der Waals surface area (Å²) >= 11 is 0. The molecule has 106 valence electrons. The van der Waals surface area contributed by atoms with Crippen LogP contribution in [0.25, 0.3) is 22.3 Å². The van der Waals surface area contributed by atoms with Crippen molar-refractivity contribution < 1.29 is 0 Å². The average Bonchev–Trinajstić information content (AvgIpc) is 2.46. The Hall–Kier alpha value is -2.49. The van der Waals surface area contributed by atoms with Gasteiger partial charge in [0.05, 0.1) is 5.69 Å². The lowest BCUT2D eigenvalue weighted by atomic mass is 10.0. The first-order valence-electron chi connectivity index (χ1n) is 7.05. The molecular formula is C17H18N4. The normalized spacial score (nSPS) is 11.2. The molecule has 0 aliphatic carbocycles. The summed E-state index contributed by atoms with van der Waals surface area (Å²) < 4.78 is 0. The van der Waals surface area contributed by atoms with E-state index in [1.165, 1.54) is 5.56 Å². The van der Waals surface area contributed by atoms with E-state index in [1.807, 2.05) is 18.2 Å². The second-order valence-electron chi connectivity index (χ2n) is 5.55. The van der Waals surface area contributed by atoms with Crippen molar-refractivity contribution >= 4 is 16.7 Å². The van der Waals surface area contributed by atoms with Gasteiger partial charge in [0, 0.05) is 17.1 Å². The van der Waals surface area contributed by atoms with E-state index in [4.69, 9.17) is 10.7 Å². The Morgan fingerprint density at radius 3 is 2.62 bits per heavy atom. The third-order valence-corrected chi connectivity index (χ3v) is 3.50. The molecule has 21 heavy (non-hydrogen) atoms. The minimum atomic E-state index is 0.292. The van der Waals surface area contributed by atoms with Gasteiger partial charge in [0.25, 0.3) is 0 Å². The molecular weight excluding hydrogens is 260 g/mol. The summed E-state index contributed by atoms with van der Waals surface area (Å²) in [6, 6.07) is 10.1. The molecule has 0 aliphatic rings. The van der Waals surface area contributed by atoms with Crippen molar-refractivity contribution in [3.63, 3.8) is 0 Å². The van der Waals surface area contributed by atoms with Crippen LogP contribution in [-0.4, -0.2) is 15.0 Å². The average molecular weight is 278 g/mol. The quantitative estimate of drug-likeness (QED) is 0.776. The lowest BCUT2D eigenvalue weighted by Gasteiger charge is -2.12. The molecule has 2 N–H and O–H groups in total. The van der Waals surface area contributed by atoms with Crippen LogP contribution in [0.4, 0.5) is 5.82 Å². The van der Waals surface area contributed by atoms with Gasteiger partial charge in [-0.05, 0) is 25.0 Å². The summed E-state index contributed by atoms with van der Waals surface area (Å²) in [4.78, 5) is 13.5. The highest BCUT2D eigenvalue weighted by atomic mass is 14.9. The number of pyridine rings is 1. The van der Waals surface area contributed by atoms with Gasteiger partial charge in [0.2, 0.25) is 0 Å². The molecule has 0 fully saturated rings. The molecule has 0 radical (unpaired) electrons. The van der Waals surface area contributed by atoms with Crippen molar-refractivity contribution in [3.05, 3.63) is 47.8 Å². The fourth-order valence-electron chi connectivity index (χ4n) is 2.45. The molecule has 2 aromatic heterocycles. The Morgan fingerprint density at radius 2 is 1.90 bits per heavy atom. The zero-order valence-corrected chi connectivity index (χ0v) is 12.5. The monoisotopic (exact) mass is 278 g/mol. The number of anilines is 1. The van der Waals surface area contributed by atoms with Gasteiger partial charge in [-0.15, -0.1) is 0 Å². The van der Waals surface area contributed by atoms with Crippen molar-refractivity contribution in [3.8, 4) is 11.4 Å². The van der Waals surface area contributed by atoms with Gasteiger partial charge in [-0.2, -0.15) is 0 Å². The number of hydrogen-bond acceptors (Lipinski definition) is 4. The molecule has 4 nitrogen and oxygen atoms in total. The number of aryl methyl sites for hydroxylation is 1. The third-order valence-electron chi connectivity index (χ3n) is 3.50. The van der Waals surface area contributed by atoms with Crippen LogP contribution in [0.1, 0.15) is 31.0 Å². The number of fused-ring (bicyclic) bond motifs is 1. The fourth-order valence-corrected chi connectivity index (χ4v) is 2.45. The minimum absolute atomic E-state index is 0.292. The van der Waals surface area contributed by atoms with Gasteiger partial charge in [-0.1, -0.05) is 37.6 Å². The van der Waals surface area contributed by atoms with Crippen LogP contribution in [0.3, 0.4) is 0 Å². The predicted octanol–water partition coefficient (Wildman–Crippen LogP) is 3.71.